The first-order valence-corrected chi connectivity index (χ1v) is 10.5. The van der Waals surface area contributed by atoms with Crippen LogP contribution in [0.25, 0.3) is 16.9 Å². The zero-order valence-corrected chi connectivity index (χ0v) is 18.4. The van der Waals surface area contributed by atoms with E-state index in [0.717, 1.165) is 0 Å². The molecule has 0 bridgehead atoms. The molecule has 13 nitrogen and oxygen atoms in total. The van der Waals surface area contributed by atoms with Gasteiger partial charge in [-0.2, -0.15) is 19.0 Å². The molecule has 1 aliphatic heterocycles. The van der Waals surface area contributed by atoms with Gasteiger partial charge in [0, 0.05) is 31.2 Å². The number of amides is 1. The molecule has 0 radical (unpaired) electrons. The van der Waals surface area contributed by atoms with Crippen molar-refractivity contribution in [3.05, 3.63) is 48.5 Å². The van der Waals surface area contributed by atoms with Crippen LogP contribution >= 0.6 is 0 Å². The highest BCUT2D eigenvalue weighted by Crippen LogP contribution is 2.42. The maximum absolute atomic E-state index is 13.3. The third-order valence-corrected chi connectivity index (χ3v) is 5.21. The van der Waals surface area contributed by atoms with Crippen molar-refractivity contribution in [1.82, 2.24) is 24.4 Å². The van der Waals surface area contributed by atoms with Gasteiger partial charge < -0.3 is 20.1 Å². The second-order valence-electron chi connectivity index (χ2n) is 7.55. The fourth-order valence-electron chi connectivity index (χ4n) is 3.70. The molecule has 3 aromatic heterocycles. The van der Waals surface area contributed by atoms with E-state index in [4.69, 9.17) is 20.4 Å². The molecule has 4 heterocycles. The van der Waals surface area contributed by atoms with Crippen molar-refractivity contribution in [3.8, 4) is 22.8 Å². The molecule has 36 heavy (non-hydrogen) atoms. The van der Waals surface area contributed by atoms with Gasteiger partial charge in [-0.05, 0) is 12.1 Å². The van der Waals surface area contributed by atoms with Crippen molar-refractivity contribution < 1.29 is 23.0 Å². The average Bonchev–Trinajstić information content (AvgIpc) is 3.47. The van der Waals surface area contributed by atoms with E-state index in [1.165, 1.54) is 39.9 Å². The van der Waals surface area contributed by atoms with E-state index in [1.807, 2.05) is 0 Å². The number of carbonyl (C=O) groups is 1. The summed E-state index contributed by atoms with van der Waals surface area (Å²) in [6.07, 6.45) is 5.90. The Bertz CT molecular complexity index is 1480. The molecule has 0 unspecified atom stereocenters. The Morgan fingerprint density at radius 2 is 2.25 bits per heavy atom. The average molecular weight is 496 g/mol. The van der Waals surface area contributed by atoms with Crippen LogP contribution in [-0.4, -0.2) is 55.9 Å². The summed E-state index contributed by atoms with van der Waals surface area (Å²) in [5.41, 5.74) is 8.33. The van der Waals surface area contributed by atoms with Crippen LogP contribution in [-0.2, 0) is 6.54 Å². The number of hydrogen-bond donors (Lipinski definition) is 4. The second kappa shape index (κ2) is 9.36. The number of alkyl halides is 2. The van der Waals surface area contributed by atoms with E-state index in [9.17, 15) is 13.6 Å². The molecule has 4 aromatic rings. The minimum Gasteiger partial charge on any atom is -0.490 e. The summed E-state index contributed by atoms with van der Waals surface area (Å²) in [5, 5.41) is 25.0. The fraction of sp³-hybridized carbons (Fsp3) is 0.190. The molecule has 0 atom stereocenters. The first kappa shape index (κ1) is 22.8. The molecule has 0 saturated heterocycles. The third kappa shape index (κ3) is 4.40. The van der Waals surface area contributed by atoms with Gasteiger partial charge in [0.1, 0.15) is 35.9 Å². The summed E-state index contributed by atoms with van der Waals surface area (Å²) in [7, 11) is 0. The monoisotopic (exact) mass is 496 g/mol. The molecule has 1 aliphatic rings. The van der Waals surface area contributed by atoms with Crippen LogP contribution in [0.5, 0.6) is 11.5 Å². The highest BCUT2D eigenvalue weighted by Gasteiger charge is 2.25. The Balaban J connectivity index is 1.59. The summed E-state index contributed by atoms with van der Waals surface area (Å²) in [5.74, 6) is -0.682. The molecule has 0 saturated carbocycles. The van der Waals surface area contributed by atoms with E-state index in [-0.39, 0.29) is 40.6 Å². The molecule has 0 aliphatic carbocycles. The van der Waals surface area contributed by atoms with Gasteiger partial charge in [0.25, 0.3) is 5.91 Å². The molecular weight excluding hydrogens is 478 g/mol. The number of nitrogens with zero attached hydrogens (tertiary/aromatic N) is 6. The van der Waals surface area contributed by atoms with Gasteiger partial charge in [-0.15, -0.1) is 5.11 Å². The number of aromatic nitrogens is 5. The number of carbonyl (C=O) groups excluding carboxylic acids is 1. The van der Waals surface area contributed by atoms with Gasteiger partial charge in [-0.3, -0.25) is 14.9 Å². The smallest absolute Gasteiger partial charge is 0.387 e. The summed E-state index contributed by atoms with van der Waals surface area (Å²) >= 11 is 0. The van der Waals surface area contributed by atoms with Gasteiger partial charge >= 0.3 is 6.61 Å². The Labute approximate surface area is 201 Å². The van der Waals surface area contributed by atoms with E-state index in [2.05, 4.69) is 30.9 Å². The molecule has 1 aromatic carbocycles. The van der Waals surface area contributed by atoms with E-state index >= 15 is 0 Å². The van der Waals surface area contributed by atoms with Crippen LogP contribution in [0.4, 0.5) is 20.2 Å². The minimum atomic E-state index is -3.12. The van der Waals surface area contributed by atoms with Crippen molar-refractivity contribution in [2.75, 3.05) is 23.8 Å². The number of halogens is 2. The lowest BCUT2D eigenvalue weighted by Crippen LogP contribution is -2.18. The van der Waals surface area contributed by atoms with Crippen molar-refractivity contribution in [3.63, 3.8) is 0 Å². The number of benzene rings is 1. The summed E-state index contributed by atoms with van der Waals surface area (Å²) in [6, 6.07) is 4.52. The van der Waals surface area contributed by atoms with Gasteiger partial charge in [-0.25, -0.2) is 15.0 Å². The lowest BCUT2D eigenvalue weighted by atomic mass is 10.1. The zero-order valence-electron chi connectivity index (χ0n) is 18.4. The predicted octanol–water partition coefficient (Wildman–Crippen LogP) is 3.26. The maximum atomic E-state index is 13.3. The quantitative estimate of drug-likeness (QED) is 0.173. The van der Waals surface area contributed by atoms with Crippen LogP contribution in [0.2, 0.25) is 0 Å². The van der Waals surface area contributed by atoms with Crippen molar-refractivity contribution in [2.24, 2.45) is 5.11 Å². The molecule has 1 amide bonds. The number of anilines is 2. The van der Waals surface area contributed by atoms with Gasteiger partial charge in [-0.1, -0.05) is 0 Å². The third-order valence-electron chi connectivity index (χ3n) is 5.21. The number of amidine groups is 1. The van der Waals surface area contributed by atoms with E-state index in [0.29, 0.717) is 30.2 Å². The number of nitrogens with one attached hydrogen (secondary N) is 4. The van der Waals surface area contributed by atoms with Crippen molar-refractivity contribution in [2.45, 2.75) is 13.2 Å². The Morgan fingerprint density at radius 1 is 1.39 bits per heavy atom. The van der Waals surface area contributed by atoms with Gasteiger partial charge in [0.05, 0.1) is 23.1 Å². The zero-order chi connectivity index (χ0) is 25.2. The van der Waals surface area contributed by atoms with Crippen LogP contribution in [0.1, 0.15) is 10.4 Å². The fourth-order valence-corrected chi connectivity index (χ4v) is 3.70. The Hall–Kier alpha value is -4.95. The Morgan fingerprint density at radius 3 is 3.06 bits per heavy atom. The van der Waals surface area contributed by atoms with Crippen molar-refractivity contribution >= 4 is 28.8 Å². The number of rotatable bonds is 7. The number of ether oxygens (including phenoxy) is 2. The van der Waals surface area contributed by atoms with E-state index in [1.54, 1.807) is 12.3 Å². The minimum absolute atomic E-state index is 0.0817. The normalized spacial score (nSPS) is 12.5. The van der Waals surface area contributed by atoms with Gasteiger partial charge in [0.15, 0.2) is 11.5 Å². The summed E-state index contributed by atoms with van der Waals surface area (Å²) in [6.45, 7) is -2.46. The predicted molar refractivity (Wildman–Crippen MR) is 122 cm³/mol. The maximum Gasteiger partial charge on any atom is 0.387 e. The molecule has 15 heteroatoms. The lowest BCUT2D eigenvalue weighted by Gasteiger charge is -2.21. The van der Waals surface area contributed by atoms with Crippen molar-refractivity contribution in [1.29, 1.82) is 10.9 Å². The largest absolute Gasteiger partial charge is 0.490 e. The topological polar surface area (TPSA) is 168 Å². The highest BCUT2D eigenvalue weighted by molar-refractivity contribution is 6.09. The van der Waals surface area contributed by atoms with Gasteiger partial charge in [0.2, 0.25) is 0 Å². The highest BCUT2D eigenvalue weighted by atomic mass is 19.3. The lowest BCUT2D eigenvalue weighted by molar-refractivity contribution is -0.0494. The van der Waals surface area contributed by atoms with E-state index < -0.39 is 12.5 Å². The standard InChI is InChI=1S/C21H18F2N10O3/c22-21(23)36-15-7-13-16(35-5-3-26-13)6-11(15)18-14(9-32(31-18)10-17(24)30-25)29-20(34)12-8-28-33-4-1-2-27-19(12)33/h1-2,4,6-9,21,24-26H,3,5,10H2,(H,29,34). The summed E-state index contributed by atoms with van der Waals surface area (Å²) in [4.78, 5) is 17.3. The number of fused-ring (bicyclic) bond motifs is 2. The van der Waals surface area contributed by atoms with Crippen LogP contribution < -0.4 is 20.1 Å². The number of hydrogen-bond acceptors (Lipinski definition) is 9. The first-order valence-electron chi connectivity index (χ1n) is 10.5. The van der Waals surface area contributed by atoms with Crippen LogP contribution in [0.3, 0.4) is 0 Å². The summed E-state index contributed by atoms with van der Waals surface area (Å²) < 4.78 is 39.6. The molecule has 4 N–H and O–H groups in total. The SMILES string of the molecule is N=NC(=N)Cn1cc(NC(=O)c2cnn3cccnc23)c(-c2cc3c(cc2OC(F)F)NCCO3)n1. The second-order valence-corrected chi connectivity index (χ2v) is 7.55. The van der Waals surface area contributed by atoms with Crippen LogP contribution in [0, 0.1) is 10.9 Å². The molecule has 0 spiro atoms. The molecule has 5 rings (SSSR count). The van der Waals surface area contributed by atoms with Crippen LogP contribution in [0.15, 0.2) is 48.1 Å². The molecular formula is C21H18F2N10O3. The molecule has 0 fully saturated rings. The first-order chi connectivity index (χ1) is 17.4. The molecule has 184 valence electrons. The Kier molecular flexibility index (Phi) is 5.93.